The highest BCUT2D eigenvalue weighted by Crippen LogP contribution is 2.22. The lowest BCUT2D eigenvalue weighted by atomic mass is 9.98. The van der Waals surface area contributed by atoms with Crippen molar-refractivity contribution in [1.82, 2.24) is 5.32 Å². The molecule has 1 aromatic carbocycles. The first-order valence-corrected chi connectivity index (χ1v) is 8.12. The molecule has 7 heteroatoms. The van der Waals surface area contributed by atoms with E-state index in [1.165, 1.54) is 19.1 Å². The molecule has 0 bridgehead atoms. The fraction of sp³-hybridized carbons (Fsp3) is 0.471. The second kappa shape index (κ2) is 8.15. The maximum atomic E-state index is 12.4. The number of anilines is 1. The number of carbonyl (C=O) groups is 3. The predicted octanol–water partition coefficient (Wildman–Crippen LogP) is 3.31. The summed E-state index contributed by atoms with van der Waals surface area (Å²) in [6, 6.07) is 4.52. The van der Waals surface area contributed by atoms with Crippen LogP contribution in [0.25, 0.3) is 0 Å². The van der Waals surface area contributed by atoms with Crippen molar-refractivity contribution in [3.8, 4) is 0 Å². The number of benzene rings is 1. The molecule has 0 aromatic heterocycles. The number of nitrogens with one attached hydrogen (secondary N) is 2. The summed E-state index contributed by atoms with van der Waals surface area (Å²) in [5.41, 5.74) is -0.846. The smallest absolute Gasteiger partial charge is 0.329 e. The Morgan fingerprint density at radius 1 is 1.29 bits per heavy atom. The molecule has 6 nitrogen and oxygen atoms in total. The van der Waals surface area contributed by atoms with Crippen LogP contribution in [0.2, 0.25) is 5.02 Å². The monoisotopic (exact) mass is 354 g/mol. The fourth-order valence-corrected chi connectivity index (χ4v) is 2.17. The molecule has 0 fully saturated rings. The third-order valence-electron chi connectivity index (χ3n) is 3.66. The summed E-state index contributed by atoms with van der Waals surface area (Å²) < 4.78 is 0. The zero-order chi connectivity index (χ0) is 18.5. The first kappa shape index (κ1) is 20.0. The number of halogens is 1. The topological polar surface area (TPSA) is 95.5 Å². The molecule has 1 atom stereocenters. The Bertz CT molecular complexity index is 645. The molecule has 1 unspecified atom stereocenters. The number of hydrogen-bond acceptors (Lipinski definition) is 3. The standard InChI is InChI=1S/C17H23ClN2O4/c1-5-17(4,16(23)24)20-15(22)12-9-11(6-7-13(12)18)19-14(21)8-10(2)3/h6-7,9-10H,5,8H2,1-4H3,(H,19,21)(H,20,22)(H,23,24). The third-order valence-corrected chi connectivity index (χ3v) is 3.99. The minimum atomic E-state index is -1.39. The van der Waals surface area contributed by atoms with Crippen LogP contribution in [0.3, 0.4) is 0 Å². The first-order valence-electron chi connectivity index (χ1n) is 7.74. The van der Waals surface area contributed by atoms with Gasteiger partial charge < -0.3 is 15.7 Å². The molecule has 0 aliphatic heterocycles. The van der Waals surface area contributed by atoms with Crippen LogP contribution in [0, 0.1) is 5.92 Å². The van der Waals surface area contributed by atoms with Gasteiger partial charge in [0, 0.05) is 12.1 Å². The van der Waals surface area contributed by atoms with Crippen LogP contribution >= 0.6 is 11.6 Å². The van der Waals surface area contributed by atoms with Crippen LogP contribution in [0.4, 0.5) is 5.69 Å². The molecule has 2 amide bonds. The van der Waals surface area contributed by atoms with Crippen molar-refractivity contribution in [2.24, 2.45) is 5.92 Å². The Labute approximate surface area is 146 Å². The average molecular weight is 355 g/mol. The SMILES string of the molecule is CCC(C)(NC(=O)c1cc(NC(=O)CC(C)C)ccc1Cl)C(=O)O. The minimum Gasteiger partial charge on any atom is -0.480 e. The van der Waals surface area contributed by atoms with Gasteiger partial charge in [-0.3, -0.25) is 9.59 Å². The Morgan fingerprint density at radius 3 is 2.42 bits per heavy atom. The molecule has 0 aliphatic carbocycles. The van der Waals surface area contributed by atoms with Crippen LogP contribution in [-0.2, 0) is 9.59 Å². The number of rotatable bonds is 7. The summed E-state index contributed by atoms with van der Waals surface area (Å²) in [6.07, 6.45) is 0.577. The molecular weight excluding hydrogens is 332 g/mol. The van der Waals surface area contributed by atoms with E-state index in [4.69, 9.17) is 11.6 Å². The van der Waals surface area contributed by atoms with Gasteiger partial charge in [-0.05, 0) is 37.5 Å². The van der Waals surface area contributed by atoms with E-state index in [9.17, 15) is 19.5 Å². The van der Waals surface area contributed by atoms with E-state index in [1.54, 1.807) is 13.0 Å². The van der Waals surface area contributed by atoms with Crippen molar-refractivity contribution in [3.05, 3.63) is 28.8 Å². The van der Waals surface area contributed by atoms with Crippen LogP contribution in [0.1, 0.15) is 50.9 Å². The second-order valence-corrected chi connectivity index (χ2v) is 6.69. The van der Waals surface area contributed by atoms with Gasteiger partial charge in [0.25, 0.3) is 5.91 Å². The third kappa shape index (κ3) is 5.23. The largest absolute Gasteiger partial charge is 0.480 e. The lowest BCUT2D eigenvalue weighted by Crippen LogP contribution is -2.51. The van der Waals surface area contributed by atoms with E-state index in [0.29, 0.717) is 12.1 Å². The number of amides is 2. The quantitative estimate of drug-likeness (QED) is 0.700. The van der Waals surface area contributed by atoms with Crippen molar-refractivity contribution >= 4 is 35.1 Å². The van der Waals surface area contributed by atoms with E-state index >= 15 is 0 Å². The highest BCUT2D eigenvalue weighted by atomic mass is 35.5. The molecular formula is C17H23ClN2O4. The zero-order valence-corrected chi connectivity index (χ0v) is 15.0. The summed E-state index contributed by atoms with van der Waals surface area (Å²) in [6.45, 7) is 6.95. The van der Waals surface area contributed by atoms with Gasteiger partial charge in [-0.1, -0.05) is 32.4 Å². The van der Waals surface area contributed by atoms with Crippen molar-refractivity contribution in [3.63, 3.8) is 0 Å². The number of carboxylic acid groups (broad SMARTS) is 1. The van der Waals surface area contributed by atoms with Crippen molar-refractivity contribution in [2.75, 3.05) is 5.32 Å². The van der Waals surface area contributed by atoms with Crippen LogP contribution < -0.4 is 10.6 Å². The second-order valence-electron chi connectivity index (χ2n) is 6.29. The van der Waals surface area contributed by atoms with E-state index in [1.807, 2.05) is 13.8 Å². The Balaban J connectivity index is 2.99. The van der Waals surface area contributed by atoms with Crippen LogP contribution in [0.15, 0.2) is 18.2 Å². The van der Waals surface area contributed by atoms with Gasteiger partial charge in [0.15, 0.2) is 0 Å². The van der Waals surface area contributed by atoms with Gasteiger partial charge in [-0.15, -0.1) is 0 Å². The number of aliphatic carboxylic acids is 1. The summed E-state index contributed by atoms with van der Waals surface area (Å²) in [5.74, 6) is -1.69. The van der Waals surface area contributed by atoms with Gasteiger partial charge >= 0.3 is 5.97 Å². The van der Waals surface area contributed by atoms with Gasteiger partial charge in [0.1, 0.15) is 5.54 Å². The maximum absolute atomic E-state index is 12.4. The molecule has 0 heterocycles. The summed E-state index contributed by atoms with van der Waals surface area (Å²) in [5, 5.41) is 14.6. The summed E-state index contributed by atoms with van der Waals surface area (Å²) >= 11 is 6.04. The molecule has 0 radical (unpaired) electrons. The molecule has 3 N–H and O–H groups in total. The maximum Gasteiger partial charge on any atom is 0.329 e. The van der Waals surface area contributed by atoms with E-state index in [0.717, 1.165) is 0 Å². The Morgan fingerprint density at radius 2 is 1.92 bits per heavy atom. The van der Waals surface area contributed by atoms with Crippen LogP contribution in [0.5, 0.6) is 0 Å². The fourth-order valence-electron chi connectivity index (χ4n) is 1.97. The number of carboxylic acids is 1. The molecule has 1 rings (SSSR count). The highest BCUT2D eigenvalue weighted by Gasteiger charge is 2.33. The van der Waals surface area contributed by atoms with E-state index < -0.39 is 17.4 Å². The lowest BCUT2D eigenvalue weighted by molar-refractivity contribution is -0.143. The molecule has 24 heavy (non-hydrogen) atoms. The van der Waals surface area contributed by atoms with Gasteiger partial charge in [0.2, 0.25) is 5.91 Å². The van der Waals surface area contributed by atoms with Gasteiger partial charge in [0.05, 0.1) is 10.6 Å². The zero-order valence-electron chi connectivity index (χ0n) is 14.3. The number of carbonyl (C=O) groups excluding carboxylic acids is 2. The van der Waals surface area contributed by atoms with Crippen molar-refractivity contribution < 1.29 is 19.5 Å². The minimum absolute atomic E-state index is 0.111. The summed E-state index contributed by atoms with van der Waals surface area (Å²) in [7, 11) is 0. The van der Waals surface area contributed by atoms with Gasteiger partial charge in [-0.25, -0.2) is 4.79 Å². The summed E-state index contributed by atoms with van der Waals surface area (Å²) in [4.78, 5) is 35.5. The Hall–Kier alpha value is -2.08. The molecule has 0 spiro atoms. The average Bonchev–Trinajstić information content (AvgIpc) is 2.47. The molecule has 1 aromatic rings. The molecule has 0 saturated carbocycles. The Kier molecular flexibility index (Phi) is 6.78. The van der Waals surface area contributed by atoms with E-state index in [2.05, 4.69) is 10.6 Å². The van der Waals surface area contributed by atoms with Gasteiger partial charge in [-0.2, -0.15) is 0 Å². The first-order chi connectivity index (χ1) is 11.1. The highest BCUT2D eigenvalue weighted by molar-refractivity contribution is 6.34. The van der Waals surface area contributed by atoms with Crippen molar-refractivity contribution in [1.29, 1.82) is 0 Å². The van der Waals surface area contributed by atoms with Crippen LogP contribution in [-0.4, -0.2) is 28.4 Å². The predicted molar refractivity (Wildman–Crippen MR) is 93.3 cm³/mol. The molecule has 0 aliphatic rings. The molecule has 0 saturated heterocycles. The van der Waals surface area contributed by atoms with E-state index in [-0.39, 0.29) is 28.8 Å². The lowest BCUT2D eigenvalue weighted by Gasteiger charge is -2.25. The number of hydrogen-bond donors (Lipinski definition) is 3. The van der Waals surface area contributed by atoms with Crippen molar-refractivity contribution in [2.45, 2.75) is 46.1 Å². The normalized spacial score (nSPS) is 13.2. The molecule has 132 valence electrons.